The molecule has 0 radical (unpaired) electrons. The Balaban J connectivity index is 2.25. The van der Waals surface area contributed by atoms with Gasteiger partial charge in [0.05, 0.1) is 12.7 Å². The summed E-state index contributed by atoms with van der Waals surface area (Å²) in [5.74, 6) is 0. The molecule has 27 heavy (non-hydrogen) atoms. The van der Waals surface area contributed by atoms with E-state index in [9.17, 15) is 19.8 Å². The highest BCUT2D eigenvalue weighted by molar-refractivity contribution is 5.07. The van der Waals surface area contributed by atoms with Crippen LogP contribution in [0.25, 0.3) is 0 Å². The van der Waals surface area contributed by atoms with Gasteiger partial charge in [-0.3, -0.25) is 13.9 Å². The van der Waals surface area contributed by atoms with Gasteiger partial charge in [-0.05, 0) is 40.5 Å². The number of aliphatic hydroxyl groups is 2. The number of hydrogen-bond donors (Lipinski definition) is 2. The molecule has 0 aliphatic carbocycles. The van der Waals surface area contributed by atoms with Gasteiger partial charge in [0.1, 0.15) is 12.3 Å². The summed E-state index contributed by atoms with van der Waals surface area (Å²) in [4.78, 5) is 25.2. The fraction of sp³-hybridized carbons (Fsp3) is 0.600. The molecule has 1 aliphatic heterocycles. The van der Waals surface area contributed by atoms with Crippen LogP contribution >= 0.6 is 0 Å². The van der Waals surface area contributed by atoms with Crippen molar-refractivity contribution in [1.82, 2.24) is 9.13 Å². The van der Waals surface area contributed by atoms with Crippen molar-refractivity contribution in [2.75, 3.05) is 6.61 Å². The van der Waals surface area contributed by atoms with E-state index in [0.29, 0.717) is 5.56 Å². The lowest BCUT2D eigenvalue weighted by atomic mass is 10.1. The lowest BCUT2D eigenvalue weighted by Gasteiger charge is -2.17. The van der Waals surface area contributed by atoms with Crippen LogP contribution in [0, 0.1) is 6.92 Å². The van der Waals surface area contributed by atoms with Gasteiger partial charge < -0.3 is 14.9 Å². The minimum Gasteiger partial charge on any atom is -0.394 e. The molecule has 0 aromatic carbocycles. The van der Waals surface area contributed by atoms with Crippen LogP contribution in [0.2, 0.25) is 0 Å². The van der Waals surface area contributed by atoms with Gasteiger partial charge in [0.25, 0.3) is 5.56 Å². The zero-order valence-corrected chi connectivity index (χ0v) is 16.5. The van der Waals surface area contributed by atoms with E-state index in [4.69, 9.17) is 4.74 Å². The largest absolute Gasteiger partial charge is 0.394 e. The molecular formula is C20H30N2O5. The Labute approximate surface area is 159 Å². The Bertz CT molecular complexity index is 830. The van der Waals surface area contributed by atoms with Crippen molar-refractivity contribution < 1.29 is 14.9 Å². The van der Waals surface area contributed by atoms with E-state index in [0.717, 1.165) is 18.4 Å². The fourth-order valence-electron chi connectivity index (χ4n) is 3.11. The van der Waals surface area contributed by atoms with E-state index in [1.54, 1.807) is 6.92 Å². The van der Waals surface area contributed by atoms with E-state index < -0.39 is 24.1 Å². The van der Waals surface area contributed by atoms with Gasteiger partial charge in [0, 0.05) is 24.7 Å². The molecule has 2 rings (SSSR count). The van der Waals surface area contributed by atoms with Gasteiger partial charge in [-0.2, -0.15) is 0 Å². The quantitative estimate of drug-likeness (QED) is 0.704. The topological polar surface area (TPSA) is 93.7 Å². The lowest BCUT2D eigenvalue weighted by molar-refractivity contribution is -0.0463. The number of rotatable bonds is 7. The smallest absolute Gasteiger partial charge is 0.333 e. The van der Waals surface area contributed by atoms with Gasteiger partial charge in [-0.1, -0.05) is 23.3 Å². The first kappa shape index (κ1) is 21.3. The summed E-state index contributed by atoms with van der Waals surface area (Å²) in [5, 5.41) is 19.2. The number of allylic oxidation sites excluding steroid dienone is 4. The van der Waals surface area contributed by atoms with Crippen LogP contribution in [0.3, 0.4) is 0 Å². The summed E-state index contributed by atoms with van der Waals surface area (Å²) >= 11 is 0. The van der Waals surface area contributed by atoms with Crippen LogP contribution in [0.5, 0.6) is 0 Å². The molecule has 2 N–H and O–H groups in total. The number of aromatic nitrogens is 2. The van der Waals surface area contributed by atoms with Gasteiger partial charge in [-0.15, -0.1) is 0 Å². The Kier molecular flexibility index (Phi) is 7.35. The molecule has 0 bridgehead atoms. The second kappa shape index (κ2) is 9.30. The fourth-order valence-corrected chi connectivity index (χ4v) is 3.11. The summed E-state index contributed by atoms with van der Waals surface area (Å²) in [6.45, 7) is 7.61. The maximum Gasteiger partial charge on any atom is 0.333 e. The molecule has 1 aromatic heterocycles. The van der Waals surface area contributed by atoms with Crippen LogP contribution in [0.1, 0.15) is 51.8 Å². The predicted molar refractivity (Wildman–Crippen MR) is 104 cm³/mol. The van der Waals surface area contributed by atoms with Crippen LogP contribution in [-0.4, -0.2) is 38.2 Å². The summed E-state index contributed by atoms with van der Waals surface area (Å²) in [6.07, 6.45) is 5.24. The van der Waals surface area contributed by atoms with Crippen molar-refractivity contribution in [2.45, 2.75) is 71.9 Å². The maximum absolute atomic E-state index is 12.8. The van der Waals surface area contributed by atoms with Crippen LogP contribution in [-0.2, 0) is 11.3 Å². The predicted octanol–water partition coefficient (Wildman–Crippen LogP) is 1.65. The van der Waals surface area contributed by atoms with Crippen molar-refractivity contribution >= 4 is 0 Å². The molecule has 0 amide bonds. The summed E-state index contributed by atoms with van der Waals surface area (Å²) in [6, 6.07) is 0. The zero-order valence-electron chi connectivity index (χ0n) is 16.5. The van der Waals surface area contributed by atoms with E-state index in [2.05, 4.69) is 19.9 Å². The van der Waals surface area contributed by atoms with Crippen molar-refractivity contribution in [1.29, 1.82) is 0 Å². The molecule has 0 unspecified atom stereocenters. The standard InChI is InChI=1S/C20H30N2O5/c1-13(2)6-5-7-14(3)8-9-21-19(25)15(4)11-22(20(21)26)18-10-16(24)17(12-23)27-18/h6,8,11,16-18,23-24H,5,7,9-10,12H2,1-4H3/t16-,17-,18-/m1/s1. The van der Waals surface area contributed by atoms with Crippen LogP contribution in [0.15, 0.2) is 39.1 Å². The van der Waals surface area contributed by atoms with E-state index in [1.807, 2.05) is 13.0 Å². The van der Waals surface area contributed by atoms with Crippen molar-refractivity contribution in [3.05, 3.63) is 55.9 Å². The number of aryl methyl sites for hydroxylation is 1. The maximum atomic E-state index is 12.8. The molecule has 0 spiro atoms. The molecule has 1 aromatic rings. The first-order valence-corrected chi connectivity index (χ1v) is 9.30. The summed E-state index contributed by atoms with van der Waals surface area (Å²) in [7, 11) is 0. The summed E-state index contributed by atoms with van der Waals surface area (Å²) < 4.78 is 8.08. The number of hydrogen-bond acceptors (Lipinski definition) is 5. The molecule has 150 valence electrons. The van der Waals surface area contributed by atoms with Crippen LogP contribution < -0.4 is 11.2 Å². The van der Waals surface area contributed by atoms with Crippen molar-refractivity contribution in [3.8, 4) is 0 Å². The Morgan fingerprint density at radius 1 is 1.30 bits per heavy atom. The molecule has 1 fully saturated rings. The Morgan fingerprint density at radius 2 is 2.00 bits per heavy atom. The molecule has 0 saturated carbocycles. The normalized spacial score (nSPS) is 22.9. The zero-order chi connectivity index (χ0) is 20.1. The third kappa shape index (κ3) is 5.28. The number of nitrogens with zero attached hydrogens (tertiary/aromatic N) is 2. The van der Waals surface area contributed by atoms with Gasteiger partial charge in [0.2, 0.25) is 0 Å². The van der Waals surface area contributed by atoms with Crippen molar-refractivity contribution in [3.63, 3.8) is 0 Å². The number of aliphatic hydroxyl groups excluding tert-OH is 2. The monoisotopic (exact) mass is 378 g/mol. The summed E-state index contributed by atoms with van der Waals surface area (Å²) in [5.41, 5.74) is 1.99. The first-order chi connectivity index (χ1) is 12.7. The highest BCUT2D eigenvalue weighted by atomic mass is 16.5. The van der Waals surface area contributed by atoms with E-state index in [-0.39, 0.29) is 25.1 Å². The Morgan fingerprint density at radius 3 is 2.59 bits per heavy atom. The molecule has 1 aliphatic rings. The SMILES string of the molecule is CC(C)=CCCC(C)=CCn1c(=O)c(C)cn([C@H]2C[C@@H](O)[C@@H](CO)O2)c1=O. The van der Waals surface area contributed by atoms with E-state index in [1.165, 1.54) is 20.9 Å². The third-order valence-corrected chi connectivity index (χ3v) is 4.77. The highest BCUT2D eigenvalue weighted by Crippen LogP contribution is 2.27. The highest BCUT2D eigenvalue weighted by Gasteiger charge is 2.35. The van der Waals surface area contributed by atoms with E-state index >= 15 is 0 Å². The molecule has 2 heterocycles. The minimum atomic E-state index is -0.843. The first-order valence-electron chi connectivity index (χ1n) is 9.30. The van der Waals surface area contributed by atoms with Crippen molar-refractivity contribution in [2.24, 2.45) is 0 Å². The lowest BCUT2D eigenvalue weighted by Crippen LogP contribution is -2.42. The molecule has 1 saturated heterocycles. The molecule has 7 heteroatoms. The molecular weight excluding hydrogens is 348 g/mol. The average Bonchev–Trinajstić information content (AvgIpc) is 2.98. The second-order valence-corrected chi connectivity index (χ2v) is 7.40. The van der Waals surface area contributed by atoms with Gasteiger partial charge in [-0.25, -0.2) is 4.79 Å². The molecule has 3 atom stereocenters. The third-order valence-electron chi connectivity index (χ3n) is 4.77. The van der Waals surface area contributed by atoms with Gasteiger partial charge in [0.15, 0.2) is 0 Å². The van der Waals surface area contributed by atoms with Crippen LogP contribution in [0.4, 0.5) is 0 Å². The average molecular weight is 378 g/mol. The number of ether oxygens (including phenoxy) is 1. The second-order valence-electron chi connectivity index (χ2n) is 7.40. The Hall–Kier alpha value is -1.96. The van der Waals surface area contributed by atoms with Gasteiger partial charge >= 0.3 is 5.69 Å². The molecule has 7 nitrogen and oxygen atoms in total. The minimum absolute atomic E-state index is 0.193.